The first-order chi connectivity index (χ1) is 14.8. The highest BCUT2D eigenvalue weighted by Crippen LogP contribution is 2.40. The zero-order chi connectivity index (χ0) is 22.6. The summed E-state index contributed by atoms with van der Waals surface area (Å²) in [5.74, 6) is 2.10. The number of hydrogen-bond acceptors (Lipinski definition) is 6. The Bertz CT molecular complexity index is 984. The largest absolute Gasteiger partial charge is 0.495 e. The van der Waals surface area contributed by atoms with Crippen LogP contribution in [0.25, 0.3) is 6.08 Å². The fourth-order valence-electron chi connectivity index (χ4n) is 3.55. The van der Waals surface area contributed by atoms with Crippen molar-refractivity contribution in [2.75, 3.05) is 39.3 Å². The molecule has 0 aromatic heterocycles. The number of amides is 1. The molecule has 0 unspecified atom stereocenters. The van der Waals surface area contributed by atoms with E-state index < -0.39 is 5.60 Å². The third kappa shape index (κ3) is 4.61. The summed E-state index contributed by atoms with van der Waals surface area (Å²) in [6.45, 7) is 4.86. The van der Waals surface area contributed by atoms with E-state index in [0.717, 1.165) is 5.56 Å². The predicted octanol–water partition coefficient (Wildman–Crippen LogP) is 3.89. The smallest absolute Gasteiger partial charge is 0.262 e. The number of ether oxygens (including phenoxy) is 4. The van der Waals surface area contributed by atoms with Crippen LogP contribution in [-0.4, -0.2) is 45.9 Å². The van der Waals surface area contributed by atoms with Crippen molar-refractivity contribution in [3.63, 3.8) is 0 Å². The molecule has 0 fully saturated rings. The predicted molar refractivity (Wildman–Crippen MR) is 122 cm³/mol. The molecule has 1 heterocycles. The molecule has 0 aliphatic carbocycles. The molecule has 1 aliphatic heterocycles. The molecular formula is C24H30N2O5. The van der Waals surface area contributed by atoms with Crippen molar-refractivity contribution in [3.8, 4) is 23.0 Å². The molecule has 0 atom stereocenters. The Morgan fingerprint density at radius 2 is 1.81 bits per heavy atom. The van der Waals surface area contributed by atoms with E-state index in [1.807, 2.05) is 38.1 Å². The molecule has 3 rings (SSSR count). The van der Waals surface area contributed by atoms with Gasteiger partial charge in [-0.25, -0.2) is 0 Å². The minimum absolute atomic E-state index is 0.196. The maximum atomic E-state index is 13.7. The maximum absolute atomic E-state index is 13.7. The summed E-state index contributed by atoms with van der Waals surface area (Å²) in [5, 5.41) is 0. The molecule has 0 spiro atoms. The monoisotopic (exact) mass is 426 g/mol. The molecule has 166 valence electrons. The molecule has 2 N–H and O–H groups in total. The van der Waals surface area contributed by atoms with Gasteiger partial charge >= 0.3 is 0 Å². The number of anilines is 1. The van der Waals surface area contributed by atoms with Crippen LogP contribution in [0.15, 0.2) is 36.4 Å². The lowest BCUT2D eigenvalue weighted by Crippen LogP contribution is -2.33. The molecule has 1 aliphatic rings. The molecule has 0 radical (unpaired) electrons. The van der Waals surface area contributed by atoms with Crippen LogP contribution in [0, 0.1) is 0 Å². The standard InChI is InChI=1S/C24H30N2O5/c1-24(2)12-11-17-19(31-24)10-8-18(22(17)30-5)23(27)26(14-6-13-25)16-7-9-20(28-3)21(15-16)29-4/h7-12,15H,6,13-14,25H2,1-5H3. The van der Waals surface area contributed by atoms with E-state index in [-0.39, 0.29) is 5.91 Å². The maximum Gasteiger partial charge on any atom is 0.262 e. The van der Waals surface area contributed by atoms with Gasteiger partial charge in [0.15, 0.2) is 11.5 Å². The molecule has 2 aromatic rings. The molecule has 1 amide bonds. The molecule has 31 heavy (non-hydrogen) atoms. The second kappa shape index (κ2) is 9.31. The van der Waals surface area contributed by atoms with Crippen molar-refractivity contribution >= 4 is 17.7 Å². The lowest BCUT2D eigenvalue weighted by atomic mass is 9.99. The highest BCUT2D eigenvalue weighted by molar-refractivity contribution is 6.09. The first kappa shape index (κ1) is 22.5. The summed E-state index contributed by atoms with van der Waals surface area (Å²) in [7, 11) is 4.69. The SMILES string of the molecule is COc1ccc(N(CCCN)C(=O)c2ccc3c(c2OC)C=CC(C)(C)O3)cc1OC. The van der Waals surface area contributed by atoms with Crippen molar-refractivity contribution in [2.45, 2.75) is 25.9 Å². The molecule has 0 bridgehead atoms. The van der Waals surface area contributed by atoms with Gasteiger partial charge in [-0.1, -0.05) is 0 Å². The molecule has 7 nitrogen and oxygen atoms in total. The Morgan fingerprint density at radius 3 is 2.45 bits per heavy atom. The highest BCUT2D eigenvalue weighted by Gasteiger charge is 2.29. The first-order valence-corrected chi connectivity index (χ1v) is 10.2. The number of fused-ring (bicyclic) bond motifs is 1. The summed E-state index contributed by atoms with van der Waals surface area (Å²) in [4.78, 5) is 15.3. The number of carbonyl (C=O) groups excluding carboxylic acids is 1. The van der Waals surface area contributed by atoms with Gasteiger partial charge in [-0.05, 0) is 63.2 Å². The van der Waals surface area contributed by atoms with Crippen LogP contribution in [0.3, 0.4) is 0 Å². The molecule has 0 saturated carbocycles. The first-order valence-electron chi connectivity index (χ1n) is 10.2. The van der Waals surface area contributed by atoms with Crippen molar-refractivity contribution in [1.82, 2.24) is 0 Å². The third-order valence-corrected chi connectivity index (χ3v) is 5.12. The van der Waals surface area contributed by atoms with Gasteiger partial charge in [0.05, 0.1) is 32.5 Å². The van der Waals surface area contributed by atoms with Gasteiger partial charge in [0, 0.05) is 18.3 Å². The van der Waals surface area contributed by atoms with Gasteiger partial charge in [-0.3, -0.25) is 4.79 Å². The van der Waals surface area contributed by atoms with Gasteiger partial charge in [0.1, 0.15) is 17.1 Å². The van der Waals surface area contributed by atoms with Crippen LogP contribution in [0.5, 0.6) is 23.0 Å². The molecular weight excluding hydrogens is 396 g/mol. The topological polar surface area (TPSA) is 83.3 Å². The fourth-order valence-corrected chi connectivity index (χ4v) is 3.55. The van der Waals surface area contributed by atoms with Crippen LogP contribution in [0.4, 0.5) is 5.69 Å². The van der Waals surface area contributed by atoms with E-state index in [0.29, 0.717) is 53.8 Å². The number of hydrogen-bond donors (Lipinski definition) is 1. The highest BCUT2D eigenvalue weighted by atomic mass is 16.5. The minimum atomic E-state index is -0.420. The van der Waals surface area contributed by atoms with Crippen molar-refractivity contribution in [2.24, 2.45) is 5.73 Å². The number of nitrogens with zero attached hydrogens (tertiary/aromatic N) is 1. The average Bonchev–Trinajstić information content (AvgIpc) is 2.77. The van der Waals surface area contributed by atoms with E-state index in [1.54, 1.807) is 44.4 Å². The van der Waals surface area contributed by atoms with Gasteiger partial charge in [0.2, 0.25) is 0 Å². The van der Waals surface area contributed by atoms with E-state index in [4.69, 9.17) is 24.7 Å². The van der Waals surface area contributed by atoms with E-state index in [9.17, 15) is 4.79 Å². The summed E-state index contributed by atoms with van der Waals surface area (Å²) in [5.41, 5.74) is 7.19. The average molecular weight is 427 g/mol. The van der Waals surface area contributed by atoms with Crippen LogP contribution in [0.1, 0.15) is 36.2 Å². The zero-order valence-corrected chi connectivity index (χ0v) is 18.7. The third-order valence-electron chi connectivity index (χ3n) is 5.12. The van der Waals surface area contributed by atoms with Crippen molar-refractivity contribution in [3.05, 3.63) is 47.5 Å². The Labute approximate surface area is 183 Å². The number of rotatable bonds is 8. The summed E-state index contributed by atoms with van der Waals surface area (Å²) in [6, 6.07) is 8.94. The summed E-state index contributed by atoms with van der Waals surface area (Å²) < 4.78 is 22.4. The van der Waals surface area contributed by atoms with E-state index >= 15 is 0 Å². The van der Waals surface area contributed by atoms with Crippen LogP contribution in [-0.2, 0) is 0 Å². The second-order valence-corrected chi connectivity index (χ2v) is 7.74. The molecule has 2 aromatic carbocycles. The summed E-state index contributed by atoms with van der Waals surface area (Å²) >= 11 is 0. The van der Waals surface area contributed by atoms with Gasteiger partial charge < -0.3 is 29.6 Å². The Morgan fingerprint density at radius 1 is 1.06 bits per heavy atom. The minimum Gasteiger partial charge on any atom is -0.495 e. The lowest BCUT2D eigenvalue weighted by Gasteiger charge is -2.30. The number of nitrogens with two attached hydrogens (primary N) is 1. The number of carbonyl (C=O) groups is 1. The Balaban J connectivity index is 2.05. The van der Waals surface area contributed by atoms with E-state index in [1.165, 1.54) is 0 Å². The van der Waals surface area contributed by atoms with Gasteiger partial charge in [-0.15, -0.1) is 0 Å². The number of methoxy groups -OCH3 is 3. The quantitative estimate of drug-likeness (QED) is 0.690. The number of benzene rings is 2. The lowest BCUT2D eigenvalue weighted by molar-refractivity contribution is 0.0983. The second-order valence-electron chi connectivity index (χ2n) is 7.74. The van der Waals surface area contributed by atoms with Crippen LogP contribution in [0.2, 0.25) is 0 Å². The summed E-state index contributed by atoms with van der Waals surface area (Å²) in [6.07, 6.45) is 4.53. The van der Waals surface area contributed by atoms with Gasteiger partial charge in [0.25, 0.3) is 5.91 Å². The van der Waals surface area contributed by atoms with E-state index in [2.05, 4.69) is 0 Å². The zero-order valence-electron chi connectivity index (χ0n) is 18.7. The fraction of sp³-hybridized carbons (Fsp3) is 0.375. The molecule has 7 heteroatoms. The molecule has 0 saturated heterocycles. The van der Waals surface area contributed by atoms with Crippen molar-refractivity contribution < 1.29 is 23.7 Å². The van der Waals surface area contributed by atoms with Crippen molar-refractivity contribution in [1.29, 1.82) is 0 Å². The van der Waals surface area contributed by atoms with Crippen LogP contribution < -0.4 is 29.6 Å². The Kier molecular flexibility index (Phi) is 6.75. The van der Waals surface area contributed by atoms with Gasteiger partial charge in [-0.2, -0.15) is 0 Å². The van der Waals surface area contributed by atoms with Crippen LogP contribution >= 0.6 is 0 Å². The normalized spacial score (nSPS) is 13.7. The Hall–Kier alpha value is -3.19.